The minimum atomic E-state index is -1.94. The van der Waals surface area contributed by atoms with Crippen molar-refractivity contribution < 1.29 is 18.5 Å². The van der Waals surface area contributed by atoms with Crippen molar-refractivity contribution in [2.75, 3.05) is 19.3 Å². The minimum absolute atomic E-state index is 0.0954. The van der Waals surface area contributed by atoms with Crippen molar-refractivity contribution in [3.05, 3.63) is 47.4 Å². The fourth-order valence-electron chi connectivity index (χ4n) is 2.93. The number of rotatable bonds is 3. The van der Waals surface area contributed by atoms with Crippen molar-refractivity contribution in [1.82, 2.24) is 8.87 Å². The molecule has 2 aromatic rings. The van der Waals surface area contributed by atoms with E-state index in [4.69, 9.17) is 5.11 Å². The number of carbonyl (C=O) groups is 1. The maximum atomic E-state index is 13.1. The predicted molar refractivity (Wildman–Crippen MR) is 106 cm³/mol. The molecule has 0 radical (unpaired) electrons. The molecule has 0 spiro atoms. The molecule has 5 nitrogen and oxygen atoms in total. The Morgan fingerprint density at radius 1 is 1.35 bits per heavy atom. The average Bonchev–Trinajstić information content (AvgIpc) is 2.80. The third kappa shape index (κ3) is 4.74. The third-order valence-corrected chi connectivity index (χ3v) is 5.89. The molecule has 0 saturated heterocycles. The summed E-state index contributed by atoms with van der Waals surface area (Å²) in [6, 6.07) is 4.41. The minimum Gasteiger partial charge on any atom is -0.480 e. The molecular weight excluding hydrogens is 355 g/mol. The van der Waals surface area contributed by atoms with Gasteiger partial charge in [0, 0.05) is 45.6 Å². The second kappa shape index (κ2) is 8.05. The zero-order chi connectivity index (χ0) is 19.5. The Labute approximate surface area is 153 Å². The van der Waals surface area contributed by atoms with E-state index >= 15 is 0 Å². The summed E-state index contributed by atoms with van der Waals surface area (Å²) in [6.45, 7) is 5.29. The lowest BCUT2D eigenvalue weighted by Crippen LogP contribution is -2.32. The third-order valence-electron chi connectivity index (χ3n) is 4.46. The number of carboxylic acid groups (broad SMARTS) is 1. The molecule has 0 fully saturated rings. The van der Waals surface area contributed by atoms with Gasteiger partial charge in [-0.25, -0.2) is 8.70 Å². The molecular formula is C19H25FN2O3S. The summed E-state index contributed by atoms with van der Waals surface area (Å²) in [5.74, 6) is 2.41. The number of carboxylic acids is 1. The van der Waals surface area contributed by atoms with Gasteiger partial charge in [-0.15, -0.1) is 0 Å². The summed E-state index contributed by atoms with van der Waals surface area (Å²) in [4.78, 5) is 10.7. The average molecular weight is 380 g/mol. The Morgan fingerprint density at radius 3 is 2.54 bits per heavy atom. The van der Waals surface area contributed by atoms with E-state index in [0.717, 1.165) is 41.7 Å². The van der Waals surface area contributed by atoms with Crippen LogP contribution in [0.15, 0.2) is 30.4 Å². The summed E-state index contributed by atoms with van der Waals surface area (Å²) >= 11 is 0. The highest BCUT2D eigenvalue weighted by atomic mass is 32.2. The monoisotopic (exact) mass is 380 g/mol. The second-order valence-corrected chi connectivity index (χ2v) is 8.89. The Kier molecular flexibility index (Phi) is 6.26. The fraction of sp³-hybridized carbons (Fsp3) is 0.368. The van der Waals surface area contributed by atoms with E-state index in [1.807, 2.05) is 24.2 Å². The molecule has 0 aliphatic carbocycles. The van der Waals surface area contributed by atoms with E-state index < -0.39 is 15.7 Å². The van der Waals surface area contributed by atoms with Crippen molar-refractivity contribution in [2.45, 2.75) is 26.8 Å². The van der Waals surface area contributed by atoms with E-state index in [1.165, 1.54) is 12.1 Å². The Bertz CT molecular complexity index is 945. The topological polar surface area (TPSA) is 62.5 Å². The molecule has 1 aliphatic heterocycles. The first kappa shape index (κ1) is 20.2. The molecule has 1 atom stereocenters. The zero-order valence-corrected chi connectivity index (χ0v) is 16.2. The fourth-order valence-corrected chi connectivity index (χ4v) is 3.82. The van der Waals surface area contributed by atoms with E-state index in [2.05, 4.69) is 11.9 Å². The number of aryl methyl sites for hydroxylation is 1. The van der Waals surface area contributed by atoms with Crippen molar-refractivity contribution in [3.8, 4) is 0 Å². The van der Waals surface area contributed by atoms with Crippen LogP contribution in [-0.4, -0.2) is 49.4 Å². The normalized spacial score (nSPS) is 16.8. The largest absolute Gasteiger partial charge is 0.480 e. The van der Waals surface area contributed by atoms with Crippen LogP contribution in [0.25, 0.3) is 10.9 Å². The molecule has 0 amide bonds. The second-order valence-electron chi connectivity index (χ2n) is 6.46. The van der Waals surface area contributed by atoms with Crippen LogP contribution in [0.3, 0.4) is 0 Å². The number of fused-ring (bicyclic) bond motifs is 1. The van der Waals surface area contributed by atoms with E-state index in [1.54, 1.807) is 16.9 Å². The van der Waals surface area contributed by atoms with Crippen LogP contribution in [-0.2, 0) is 21.0 Å². The molecule has 1 aromatic heterocycles. The van der Waals surface area contributed by atoms with Crippen molar-refractivity contribution >= 4 is 32.5 Å². The summed E-state index contributed by atoms with van der Waals surface area (Å²) in [7, 11) is -1.94. The van der Waals surface area contributed by atoms with Crippen LogP contribution in [0.5, 0.6) is 0 Å². The molecule has 26 heavy (non-hydrogen) atoms. The number of hydrogen-bond acceptors (Lipinski definition) is 2. The van der Waals surface area contributed by atoms with Gasteiger partial charge in [-0.1, -0.05) is 12.2 Å². The van der Waals surface area contributed by atoms with Gasteiger partial charge in [-0.2, -0.15) is 0 Å². The summed E-state index contributed by atoms with van der Waals surface area (Å²) in [5.41, 5.74) is 2.55. The van der Waals surface area contributed by atoms with Gasteiger partial charge in [0.15, 0.2) is 0 Å². The first-order valence-electron chi connectivity index (χ1n) is 8.30. The summed E-state index contributed by atoms with van der Waals surface area (Å²) < 4.78 is 28.0. The van der Waals surface area contributed by atoms with Crippen LogP contribution in [0.2, 0.25) is 0 Å². The highest BCUT2D eigenvalue weighted by Crippen LogP contribution is 2.25. The molecule has 1 unspecified atom stereocenters. The SMILES string of the molecule is C=S(C)(=O)N1CC=CCC1.Cc1c(C)n(CC(=O)O)c2ccc(F)cc12. The molecule has 1 N–H and O–H groups in total. The van der Waals surface area contributed by atoms with E-state index in [0.29, 0.717) is 0 Å². The Morgan fingerprint density at radius 2 is 2.04 bits per heavy atom. The van der Waals surface area contributed by atoms with E-state index in [-0.39, 0.29) is 12.4 Å². The smallest absolute Gasteiger partial charge is 0.323 e. The highest BCUT2D eigenvalue weighted by molar-refractivity contribution is 7.97. The molecule has 3 rings (SSSR count). The van der Waals surface area contributed by atoms with Crippen LogP contribution in [0.4, 0.5) is 4.39 Å². The van der Waals surface area contributed by atoms with Crippen molar-refractivity contribution in [1.29, 1.82) is 0 Å². The highest BCUT2D eigenvalue weighted by Gasteiger charge is 2.13. The molecule has 1 aliphatic rings. The number of halogens is 1. The van der Waals surface area contributed by atoms with Gasteiger partial charge in [-0.05, 0) is 49.9 Å². The van der Waals surface area contributed by atoms with Crippen LogP contribution >= 0.6 is 0 Å². The number of benzene rings is 1. The first-order chi connectivity index (χ1) is 12.1. The number of aliphatic carboxylic acids is 1. The number of nitrogens with zero attached hydrogens (tertiary/aromatic N) is 2. The van der Waals surface area contributed by atoms with Gasteiger partial charge in [0.2, 0.25) is 0 Å². The van der Waals surface area contributed by atoms with Gasteiger partial charge in [0.1, 0.15) is 12.4 Å². The lowest BCUT2D eigenvalue weighted by molar-refractivity contribution is -0.137. The zero-order valence-electron chi connectivity index (χ0n) is 15.4. The molecule has 1 aromatic carbocycles. The van der Waals surface area contributed by atoms with Gasteiger partial charge in [0.25, 0.3) is 0 Å². The Balaban J connectivity index is 0.000000209. The standard InChI is InChI=1S/C12H12FNO2.C7H13NOS/c1-7-8(2)14(6-12(15)16)11-4-3-9(13)5-10(7)11;1-10(2,9)8-6-4-3-5-7-8/h3-5H,6H2,1-2H3,(H,15,16);3-4H,1,5-7H2,2H3. The van der Waals surface area contributed by atoms with Crippen molar-refractivity contribution in [2.24, 2.45) is 0 Å². The maximum absolute atomic E-state index is 13.1. The van der Waals surface area contributed by atoms with Crippen LogP contribution in [0, 0.1) is 19.7 Å². The molecule has 7 heteroatoms. The maximum Gasteiger partial charge on any atom is 0.323 e. The quantitative estimate of drug-likeness (QED) is 0.658. The van der Waals surface area contributed by atoms with Gasteiger partial charge in [-0.3, -0.25) is 9.00 Å². The number of aromatic nitrogens is 1. The summed E-state index contributed by atoms with van der Waals surface area (Å²) in [6.07, 6.45) is 6.84. The first-order valence-corrected chi connectivity index (χ1v) is 10.4. The lowest BCUT2D eigenvalue weighted by Gasteiger charge is -2.23. The molecule has 0 bridgehead atoms. The lowest BCUT2D eigenvalue weighted by atomic mass is 10.1. The Hall–Kier alpha value is -2.12. The summed E-state index contributed by atoms with van der Waals surface area (Å²) in [5, 5.41) is 9.60. The van der Waals surface area contributed by atoms with Crippen LogP contribution in [0.1, 0.15) is 17.7 Å². The molecule has 2 heterocycles. The van der Waals surface area contributed by atoms with E-state index in [9.17, 15) is 13.4 Å². The van der Waals surface area contributed by atoms with Crippen LogP contribution < -0.4 is 0 Å². The van der Waals surface area contributed by atoms with Gasteiger partial charge >= 0.3 is 5.97 Å². The molecule has 0 saturated carbocycles. The van der Waals surface area contributed by atoms with Gasteiger partial charge < -0.3 is 9.67 Å². The predicted octanol–water partition coefficient (Wildman–Crippen LogP) is 2.99. The van der Waals surface area contributed by atoms with Crippen molar-refractivity contribution in [3.63, 3.8) is 0 Å². The number of hydrogen-bond donors (Lipinski definition) is 1. The molecule has 142 valence electrons. The van der Waals surface area contributed by atoms with Gasteiger partial charge in [0.05, 0.1) is 0 Å².